The van der Waals surface area contributed by atoms with Crippen molar-refractivity contribution in [1.82, 2.24) is 10.2 Å². The Kier molecular flexibility index (Phi) is 6.50. The van der Waals surface area contributed by atoms with Gasteiger partial charge in [-0.15, -0.1) is 0 Å². The van der Waals surface area contributed by atoms with Gasteiger partial charge in [-0.25, -0.2) is 0 Å². The molecule has 0 aromatic heterocycles. The molecule has 1 fully saturated rings. The minimum atomic E-state index is -0.596. The maximum atomic E-state index is 12.2. The number of methoxy groups -OCH3 is 1. The molecule has 2 amide bonds. The summed E-state index contributed by atoms with van der Waals surface area (Å²) in [6.45, 7) is 5.70. The lowest BCUT2D eigenvalue weighted by Gasteiger charge is -2.37. The van der Waals surface area contributed by atoms with Gasteiger partial charge in [-0.2, -0.15) is 0 Å². The number of halogens is 1. The summed E-state index contributed by atoms with van der Waals surface area (Å²) in [7, 11) is 1.50. The van der Waals surface area contributed by atoms with Crippen molar-refractivity contribution in [3.05, 3.63) is 22.7 Å². The highest BCUT2D eigenvalue weighted by atomic mass is 35.5. The minimum absolute atomic E-state index is 0.0423. The van der Waals surface area contributed by atoms with Crippen LogP contribution in [0.3, 0.4) is 0 Å². The summed E-state index contributed by atoms with van der Waals surface area (Å²) in [4.78, 5) is 25.2. The Morgan fingerprint density at radius 2 is 2.20 bits per heavy atom. The van der Waals surface area contributed by atoms with Crippen LogP contribution in [0.15, 0.2) is 12.1 Å². The van der Waals surface area contributed by atoms with E-state index in [2.05, 4.69) is 10.2 Å². The van der Waals surface area contributed by atoms with Crippen molar-refractivity contribution in [2.75, 3.05) is 26.8 Å². The zero-order chi connectivity index (χ0) is 18.6. The molecule has 25 heavy (non-hydrogen) atoms. The third kappa shape index (κ3) is 4.76. The SMILES string of the molecule is COc1cc(CN2CCNC(=O)[C@@H]2C(C)C)cc(Cl)c1OCC(N)=O. The number of carbonyl (C=O) groups is 2. The van der Waals surface area contributed by atoms with Crippen molar-refractivity contribution in [3.63, 3.8) is 0 Å². The van der Waals surface area contributed by atoms with Gasteiger partial charge in [0.05, 0.1) is 18.2 Å². The number of primary amides is 1. The Morgan fingerprint density at radius 1 is 1.48 bits per heavy atom. The van der Waals surface area contributed by atoms with Gasteiger partial charge in [-0.1, -0.05) is 25.4 Å². The first-order valence-corrected chi connectivity index (χ1v) is 8.50. The standard InChI is InChI=1S/C17H24ClN3O4/c1-10(2)15-17(23)20-4-5-21(15)8-11-6-12(18)16(13(7-11)24-3)25-9-14(19)22/h6-7,10,15H,4-5,8-9H2,1-3H3,(H2,19,22)(H,20,23)/t15-/m0/s1. The summed E-state index contributed by atoms with van der Waals surface area (Å²) >= 11 is 6.29. The number of ether oxygens (including phenoxy) is 2. The van der Waals surface area contributed by atoms with E-state index < -0.39 is 5.91 Å². The fourth-order valence-corrected chi connectivity index (χ4v) is 3.30. The smallest absolute Gasteiger partial charge is 0.255 e. The molecule has 0 unspecified atom stereocenters. The minimum Gasteiger partial charge on any atom is -0.493 e. The molecule has 3 N–H and O–H groups in total. The van der Waals surface area contributed by atoms with Gasteiger partial charge >= 0.3 is 0 Å². The van der Waals surface area contributed by atoms with E-state index in [4.69, 9.17) is 26.8 Å². The van der Waals surface area contributed by atoms with Crippen LogP contribution in [0.25, 0.3) is 0 Å². The zero-order valence-electron chi connectivity index (χ0n) is 14.7. The molecule has 0 bridgehead atoms. The lowest BCUT2D eigenvalue weighted by Crippen LogP contribution is -2.56. The van der Waals surface area contributed by atoms with Gasteiger partial charge in [0.1, 0.15) is 0 Å². The molecular formula is C17H24ClN3O4. The molecule has 1 saturated heterocycles. The van der Waals surface area contributed by atoms with Crippen LogP contribution in [0.5, 0.6) is 11.5 Å². The summed E-state index contributed by atoms with van der Waals surface area (Å²) in [6, 6.07) is 3.36. The summed E-state index contributed by atoms with van der Waals surface area (Å²) in [5, 5.41) is 3.24. The second-order valence-electron chi connectivity index (χ2n) is 6.31. The normalized spacial score (nSPS) is 18.1. The van der Waals surface area contributed by atoms with Gasteiger partial charge in [0.15, 0.2) is 18.1 Å². The molecule has 8 heteroatoms. The summed E-state index contributed by atoms with van der Waals surface area (Å²) < 4.78 is 10.7. The predicted octanol–water partition coefficient (Wildman–Crippen LogP) is 1.17. The Labute approximate surface area is 152 Å². The van der Waals surface area contributed by atoms with E-state index in [1.165, 1.54) is 7.11 Å². The predicted molar refractivity (Wildman–Crippen MR) is 94.7 cm³/mol. The largest absolute Gasteiger partial charge is 0.493 e. The van der Waals surface area contributed by atoms with Gasteiger partial charge in [0.25, 0.3) is 5.91 Å². The summed E-state index contributed by atoms with van der Waals surface area (Å²) in [5.74, 6) is 0.340. The highest BCUT2D eigenvalue weighted by molar-refractivity contribution is 6.32. The number of nitrogens with two attached hydrogens (primary N) is 1. The number of piperazine rings is 1. The topological polar surface area (TPSA) is 93.9 Å². The van der Waals surface area contributed by atoms with E-state index in [1.807, 2.05) is 13.8 Å². The summed E-state index contributed by atoms with van der Waals surface area (Å²) in [6.07, 6.45) is 0. The second-order valence-corrected chi connectivity index (χ2v) is 6.72. The lowest BCUT2D eigenvalue weighted by molar-refractivity contribution is -0.131. The third-order valence-electron chi connectivity index (χ3n) is 4.03. The van der Waals surface area contributed by atoms with Gasteiger partial charge in [-0.3, -0.25) is 14.5 Å². The molecule has 0 radical (unpaired) electrons. The fourth-order valence-electron chi connectivity index (χ4n) is 3.02. The molecule has 1 aromatic rings. The van der Waals surface area contributed by atoms with Crippen LogP contribution < -0.4 is 20.5 Å². The Morgan fingerprint density at radius 3 is 2.80 bits per heavy atom. The van der Waals surface area contributed by atoms with Crippen LogP contribution in [-0.2, 0) is 16.1 Å². The number of carbonyl (C=O) groups excluding carboxylic acids is 2. The molecule has 1 atom stereocenters. The molecule has 0 saturated carbocycles. The highest BCUT2D eigenvalue weighted by Crippen LogP contribution is 2.37. The van der Waals surface area contributed by atoms with Gasteiger partial charge < -0.3 is 20.5 Å². The average Bonchev–Trinajstić information content (AvgIpc) is 2.52. The Bertz CT molecular complexity index is 651. The number of rotatable bonds is 7. The van der Waals surface area contributed by atoms with Gasteiger partial charge in [-0.05, 0) is 23.6 Å². The highest BCUT2D eigenvalue weighted by Gasteiger charge is 2.32. The Hall–Kier alpha value is -1.99. The number of hydrogen-bond donors (Lipinski definition) is 2. The fraction of sp³-hybridized carbons (Fsp3) is 0.529. The van der Waals surface area contributed by atoms with Crippen molar-refractivity contribution in [3.8, 4) is 11.5 Å². The number of benzene rings is 1. The van der Waals surface area contributed by atoms with Crippen LogP contribution in [0.1, 0.15) is 19.4 Å². The first kappa shape index (κ1) is 19.3. The van der Waals surface area contributed by atoms with E-state index in [9.17, 15) is 9.59 Å². The number of nitrogens with zero attached hydrogens (tertiary/aromatic N) is 1. The van der Waals surface area contributed by atoms with E-state index in [-0.39, 0.29) is 30.2 Å². The molecule has 7 nitrogen and oxygen atoms in total. The van der Waals surface area contributed by atoms with Gasteiger partial charge in [0, 0.05) is 19.6 Å². The molecule has 1 aromatic carbocycles. The molecule has 0 aliphatic carbocycles. The molecular weight excluding hydrogens is 346 g/mol. The van der Waals surface area contributed by atoms with E-state index in [0.29, 0.717) is 23.9 Å². The van der Waals surface area contributed by atoms with E-state index >= 15 is 0 Å². The maximum absolute atomic E-state index is 12.2. The van der Waals surface area contributed by atoms with Crippen molar-refractivity contribution >= 4 is 23.4 Å². The first-order chi connectivity index (χ1) is 11.8. The number of hydrogen-bond acceptors (Lipinski definition) is 5. The van der Waals surface area contributed by atoms with E-state index in [0.717, 1.165) is 12.1 Å². The molecule has 138 valence electrons. The van der Waals surface area contributed by atoms with Crippen molar-refractivity contribution in [2.24, 2.45) is 11.7 Å². The second kappa shape index (κ2) is 8.40. The van der Waals surface area contributed by atoms with Crippen LogP contribution in [-0.4, -0.2) is 49.6 Å². The van der Waals surface area contributed by atoms with Crippen LogP contribution in [0.4, 0.5) is 0 Å². The van der Waals surface area contributed by atoms with Crippen LogP contribution >= 0.6 is 11.6 Å². The van der Waals surface area contributed by atoms with Crippen molar-refractivity contribution < 1.29 is 19.1 Å². The number of amides is 2. The molecule has 1 heterocycles. The van der Waals surface area contributed by atoms with Crippen LogP contribution in [0, 0.1) is 5.92 Å². The monoisotopic (exact) mass is 369 g/mol. The first-order valence-electron chi connectivity index (χ1n) is 8.12. The quantitative estimate of drug-likeness (QED) is 0.752. The van der Waals surface area contributed by atoms with E-state index in [1.54, 1.807) is 12.1 Å². The number of nitrogens with one attached hydrogen (secondary N) is 1. The molecule has 2 rings (SSSR count). The molecule has 0 spiro atoms. The lowest BCUT2D eigenvalue weighted by atomic mass is 9.99. The third-order valence-corrected chi connectivity index (χ3v) is 4.31. The van der Waals surface area contributed by atoms with Gasteiger partial charge in [0.2, 0.25) is 5.91 Å². The molecule has 1 aliphatic rings. The van der Waals surface area contributed by atoms with Crippen LogP contribution in [0.2, 0.25) is 5.02 Å². The zero-order valence-corrected chi connectivity index (χ0v) is 15.4. The Balaban J connectivity index is 2.23. The molecule has 1 aliphatic heterocycles. The summed E-state index contributed by atoms with van der Waals surface area (Å²) in [5.41, 5.74) is 6.00. The maximum Gasteiger partial charge on any atom is 0.255 e. The average molecular weight is 370 g/mol. The van der Waals surface area contributed by atoms with Crippen molar-refractivity contribution in [2.45, 2.75) is 26.4 Å². The van der Waals surface area contributed by atoms with Crippen molar-refractivity contribution in [1.29, 1.82) is 0 Å².